The van der Waals surface area contributed by atoms with Gasteiger partial charge in [-0.05, 0) is 29.0 Å². The monoisotopic (exact) mass is 274 g/mol. The topological polar surface area (TPSA) is 42.0 Å². The minimum absolute atomic E-state index is 0.0378. The van der Waals surface area contributed by atoms with Crippen molar-refractivity contribution < 1.29 is 4.79 Å². The van der Waals surface area contributed by atoms with Crippen LogP contribution < -0.4 is 5.32 Å². The smallest absolute Gasteiger partial charge is 0.187 e. The van der Waals surface area contributed by atoms with Gasteiger partial charge in [0.1, 0.15) is 5.82 Å². The number of carbonyl (C=O) groups excluding carboxylic acids is 1. The Morgan fingerprint density at radius 1 is 0.952 bits per heavy atom. The van der Waals surface area contributed by atoms with Crippen LogP contribution in [-0.2, 0) is 0 Å². The lowest BCUT2D eigenvalue weighted by atomic mass is 10.0. The number of carbonyl (C=O) groups is 1. The van der Waals surface area contributed by atoms with E-state index in [4.69, 9.17) is 0 Å². The molecule has 3 aromatic rings. The van der Waals surface area contributed by atoms with Crippen LogP contribution in [0.5, 0.6) is 0 Å². The first-order valence-corrected chi connectivity index (χ1v) is 6.70. The lowest BCUT2D eigenvalue weighted by Crippen LogP contribution is -1.97. The number of ketones is 1. The summed E-state index contributed by atoms with van der Waals surface area (Å²) in [6.07, 6.45) is 4.82. The van der Waals surface area contributed by atoms with Crippen molar-refractivity contribution in [3.8, 4) is 0 Å². The summed E-state index contributed by atoms with van der Waals surface area (Å²) in [5, 5.41) is 5.16. The first kappa shape index (κ1) is 13.1. The molecule has 0 radical (unpaired) electrons. The van der Waals surface area contributed by atoms with Crippen LogP contribution in [0.25, 0.3) is 10.8 Å². The number of nitrogens with zero attached hydrogens (tertiary/aromatic N) is 1. The Hall–Kier alpha value is -2.94. The van der Waals surface area contributed by atoms with E-state index in [-0.39, 0.29) is 5.78 Å². The fraction of sp³-hybridized carbons (Fsp3) is 0. The van der Waals surface area contributed by atoms with Gasteiger partial charge in [-0.1, -0.05) is 42.5 Å². The second kappa shape index (κ2) is 6.01. The SMILES string of the molecule is O=C(/C=C\Nc1ccccn1)c1ccc2ccccc2c1. The first-order valence-electron chi connectivity index (χ1n) is 6.70. The Labute approximate surface area is 123 Å². The molecule has 3 rings (SSSR count). The maximum Gasteiger partial charge on any atom is 0.187 e. The molecule has 0 aliphatic carbocycles. The number of fused-ring (bicyclic) bond motifs is 1. The van der Waals surface area contributed by atoms with Gasteiger partial charge in [-0.25, -0.2) is 4.98 Å². The fourth-order valence-corrected chi connectivity index (χ4v) is 2.09. The zero-order valence-electron chi connectivity index (χ0n) is 11.4. The van der Waals surface area contributed by atoms with Gasteiger partial charge in [-0.2, -0.15) is 0 Å². The number of hydrogen-bond donors (Lipinski definition) is 1. The zero-order chi connectivity index (χ0) is 14.5. The number of allylic oxidation sites excluding steroid dienone is 1. The van der Waals surface area contributed by atoms with Crippen LogP contribution in [0.2, 0.25) is 0 Å². The summed E-state index contributed by atoms with van der Waals surface area (Å²) in [7, 11) is 0. The highest BCUT2D eigenvalue weighted by atomic mass is 16.1. The number of benzene rings is 2. The third kappa shape index (κ3) is 3.15. The van der Waals surface area contributed by atoms with Crippen molar-refractivity contribution in [3.05, 3.63) is 84.7 Å². The molecule has 3 heteroatoms. The van der Waals surface area contributed by atoms with Gasteiger partial charge in [-0.15, -0.1) is 0 Å². The Morgan fingerprint density at radius 2 is 1.76 bits per heavy atom. The summed E-state index contributed by atoms with van der Waals surface area (Å²) in [5.41, 5.74) is 0.674. The molecule has 102 valence electrons. The molecule has 1 aromatic heterocycles. The largest absolute Gasteiger partial charge is 0.347 e. The highest BCUT2D eigenvalue weighted by Gasteiger charge is 2.02. The normalized spacial score (nSPS) is 10.9. The molecule has 0 spiro atoms. The van der Waals surface area contributed by atoms with E-state index in [1.807, 2.05) is 60.7 Å². The van der Waals surface area contributed by atoms with Gasteiger partial charge < -0.3 is 5.32 Å². The molecule has 0 amide bonds. The van der Waals surface area contributed by atoms with E-state index in [0.29, 0.717) is 11.4 Å². The molecule has 0 bridgehead atoms. The molecule has 0 saturated carbocycles. The number of pyridine rings is 1. The number of rotatable bonds is 4. The number of aromatic nitrogens is 1. The van der Waals surface area contributed by atoms with Crippen molar-refractivity contribution in [1.29, 1.82) is 0 Å². The summed E-state index contributed by atoms with van der Waals surface area (Å²) >= 11 is 0. The highest BCUT2D eigenvalue weighted by molar-refractivity contribution is 6.06. The molecular formula is C18H14N2O. The Bertz CT molecular complexity index is 794. The van der Waals surface area contributed by atoms with Gasteiger partial charge >= 0.3 is 0 Å². The standard InChI is InChI=1S/C18H14N2O/c21-17(10-12-20-18-7-3-4-11-19-18)16-9-8-14-5-1-2-6-15(14)13-16/h1-13H,(H,19,20)/b12-10-. The van der Waals surface area contributed by atoms with Gasteiger partial charge in [0.2, 0.25) is 0 Å². The molecule has 1 N–H and O–H groups in total. The van der Waals surface area contributed by atoms with Crippen LogP contribution in [0, 0.1) is 0 Å². The molecule has 0 aliphatic heterocycles. The molecular weight excluding hydrogens is 260 g/mol. The Kier molecular flexibility index (Phi) is 3.74. The van der Waals surface area contributed by atoms with Gasteiger partial charge in [0.05, 0.1) is 0 Å². The molecule has 0 atom stereocenters. The van der Waals surface area contributed by atoms with E-state index < -0.39 is 0 Å². The number of hydrogen-bond acceptors (Lipinski definition) is 3. The molecule has 0 fully saturated rings. The molecule has 2 aromatic carbocycles. The molecule has 0 unspecified atom stereocenters. The third-order valence-corrected chi connectivity index (χ3v) is 3.16. The van der Waals surface area contributed by atoms with E-state index >= 15 is 0 Å². The van der Waals surface area contributed by atoms with E-state index in [9.17, 15) is 4.79 Å². The second-order valence-electron chi connectivity index (χ2n) is 4.62. The second-order valence-corrected chi connectivity index (χ2v) is 4.62. The van der Waals surface area contributed by atoms with Crippen LogP contribution in [0.4, 0.5) is 5.82 Å². The van der Waals surface area contributed by atoms with Gasteiger partial charge in [-0.3, -0.25) is 4.79 Å². The average Bonchev–Trinajstić information content (AvgIpc) is 2.55. The van der Waals surface area contributed by atoms with Crippen LogP contribution in [0.3, 0.4) is 0 Å². The fourth-order valence-electron chi connectivity index (χ4n) is 2.09. The number of nitrogens with one attached hydrogen (secondary N) is 1. The Balaban J connectivity index is 1.74. The quantitative estimate of drug-likeness (QED) is 0.576. The van der Waals surface area contributed by atoms with Crippen molar-refractivity contribution in [1.82, 2.24) is 4.98 Å². The third-order valence-electron chi connectivity index (χ3n) is 3.16. The van der Waals surface area contributed by atoms with Gasteiger partial charge in [0, 0.05) is 24.0 Å². The summed E-state index contributed by atoms with van der Waals surface area (Å²) in [6, 6.07) is 19.3. The maximum atomic E-state index is 12.1. The van der Waals surface area contributed by atoms with Crippen LogP contribution in [-0.4, -0.2) is 10.8 Å². The van der Waals surface area contributed by atoms with Crippen LogP contribution in [0.15, 0.2) is 79.1 Å². The van der Waals surface area contributed by atoms with Crippen LogP contribution in [0.1, 0.15) is 10.4 Å². The Morgan fingerprint density at radius 3 is 2.57 bits per heavy atom. The molecule has 0 aliphatic rings. The molecule has 3 nitrogen and oxygen atoms in total. The minimum Gasteiger partial charge on any atom is -0.347 e. The van der Waals surface area contributed by atoms with E-state index in [1.165, 1.54) is 6.08 Å². The summed E-state index contributed by atoms with van der Waals surface area (Å²) in [6.45, 7) is 0. The zero-order valence-corrected chi connectivity index (χ0v) is 11.4. The summed E-state index contributed by atoms with van der Waals surface area (Å²) in [5.74, 6) is 0.671. The van der Waals surface area contributed by atoms with Crippen molar-refractivity contribution in [2.45, 2.75) is 0 Å². The minimum atomic E-state index is -0.0378. The average molecular weight is 274 g/mol. The van der Waals surface area contributed by atoms with Crippen molar-refractivity contribution in [2.24, 2.45) is 0 Å². The van der Waals surface area contributed by atoms with Gasteiger partial charge in [0.15, 0.2) is 5.78 Å². The summed E-state index contributed by atoms with van der Waals surface area (Å²) < 4.78 is 0. The van der Waals surface area contributed by atoms with Crippen molar-refractivity contribution in [3.63, 3.8) is 0 Å². The molecule has 21 heavy (non-hydrogen) atoms. The predicted octanol–water partition coefficient (Wildman–Crippen LogP) is 4.04. The maximum absolute atomic E-state index is 12.1. The van der Waals surface area contributed by atoms with E-state index in [1.54, 1.807) is 12.4 Å². The summed E-state index contributed by atoms with van der Waals surface area (Å²) in [4.78, 5) is 16.2. The van der Waals surface area contributed by atoms with E-state index in [0.717, 1.165) is 10.8 Å². The van der Waals surface area contributed by atoms with Crippen LogP contribution >= 0.6 is 0 Å². The lowest BCUT2D eigenvalue weighted by molar-refractivity contribution is 0.104. The molecule has 0 saturated heterocycles. The highest BCUT2D eigenvalue weighted by Crippen LogP contribution is 2.16. The predicted molar refractivity (Wildman–Crippen MR) is 85.3 cm³/mol. The number of anilines is 1. The first-order chi connectivity index (χ1) is 10.3. The van der Waals surface area contributed by atoms with Gasteiger partial charge in [0.25, 0.3) is 0 Å². The molecule has 1 heterocycles. The lowest BCUT2D eigenvalue weighted by Gasteiger charge is -2.01. The van der Waals surface area contributed by atoms with Crippen molar-refractivity contribution >= 4 is 22.4 Å². The van der Waals surface area contributed by atoms with E-state index in [2.05, 4.69) is 10.3 Å². The van der Waals surface area contributed by atoms with Crippen molar-refractivity contribution in [2.75, 3.05) is 5.32 Å².